The number of phosphoric acid groups is 1. The summed E-state index contributed by atoms with van der Waals surface area (Å²) in [7, 11) is 0.404. The molecule has 1 atom stereocenters. The Kier molecular flexibility index (Phi) is 11.1. The van der Waals surface area contributed by atoms with Gasteiger partial charge in [-0.05, 0) is 76.8 Å². The van der Waals surface area contributed by atoms with Gasteiger partial charge in [-0.25, -0.2) is 4.57 Å². The molecule has 286 valence electrons. The van der Waals surface area contributed by atoms with E-state index in [9.17, 15) is 29.4 Å². The third-order valence-electron chi connectivity index (χ3n) is 8.22. The van der Waals surface area contributed by atoms with Gasteiger partial charge in [0, 0.05) is 36.0 Å². The maximum absolute atomic E-state index is 14.1. The maximum Gasteiger partial charge on any atom is 0.475 e. The normalized spacial score (nSPS) is 14.8. The van der Waals surface area contributed by atoms with Crippen molar-refractivity contribution in [3.8, 4) is 17.2 Å². The maximum atomic E-state index is 14.1. The molecule has 3 N–H and O–H groups in total. The topological polar surface area (TPSA) is 201 Å². The van der Waals surface area contributed by atoms with Crippen LogP contribution in [0.1, 0.15) is 73.9 Å². The van der Waals surface area contributed by atoms with Crippen LogP contribution in [0.25, 0.3) is 21.7 Å². The number of non-ortho nitro benzene ring substituents is 1. The van der Waals surface area contributed by atoms with Crippen LogP contribution in [0.15, 0.2) is 36.4 Å². The van der Waals surface area contributed by atoms with Gasteiger partial charge in [0.2, 0.25) is 5.75 Å². The number of aliphatic hydroxyl groups excluding tert-OH is 1. The second kappa shape index (κ2) is 15.0. The summed E-state index contributed by atoms with van der Waals surface area (Å²) in [5.41, 5.74) is -0.433. The highest BCUT2D eigenvalue weighted by Crippen LogP contribution is 2.55. The molecule has 4 aromatic rings. The number of nitro benzene ring substituents is 1. The number of fused-ring (bicyclic) bond motifs is 4. The predicted molar refractivity (Wildman–Crippen MR) is 198 cm³/mol. The minimum atomic E-state index is -4.00. The van der Waals surface area contributed by atoms with Crippen molar-refractivity contribution in [1.29, 1.82) is 0 Å². The van der Waals surface area contributed by atoms with E-state index in [2.05, 4.69) is 10.3 Å². The summed E-state index contributed by atoms with van der Waals surface area (Å²) >= 11 is 0. The summed E-state index contributed by atoms with van der Waals surface area (Å²) in [6.45, 7) is 9.67. The van der Waals surface area contributed by atoms with E-state index in [1.54, 1.807) is 59.7 Å². The monoisotopic (exact) mass is 756 g/mol. The molecule has 0 saturated heterocycles. The summed E-state index contributed by atoms with van der Waals surface area (Å²) in [6, 6.07) is 9.06. The van der Waals surface area contributed by atoms with E-state index in [4.69, 9.17) is 27.8 Å². The van der Waals surface area contributed by atoms with Crippen LogP contribution in [0.5, 0.6) is 17.2 Å². The van der Waals surface area contributed by atoms with Gasteiger partial charge in [-0.3, -0.25) is 33.3 Å². The number of nitrogens with one attached hydrogen (secondary N) is 2. The molecule has 53 heavy (non-hydrogen) atoms. The fourth-order valence-electron chi connectivity index (χ4n) is 6.28. The van der Waals surface area contributed by atoms with E-state index in [1.807, 2.05) is 0 Å². The van der Waals surface area contributed by atoms with E-state index >= 15 is 0 Å². The molecular formula is C36H45N4O12P. The first-order valence-electron chi connectivity index (χ1n) is 16.8. The van der Waals surface area contributed by atoms with Crippen LogP contribution in [-0.2, 0) is 18.1 Å². The lowest BCUT2D eigenvalue weighted by atomic mass is 9.93. The number of carbonyl (C=O) groups is 2. The van der Waals surface area contributed by atoms with Gasteiger partial charge >= 0.3 is 7.82 Å². The van der Waals surface area contributed by atoms with Gasteiger partial charge in [0.1, 0.15) is 5.69 Å². The number of benzene rings is 3. The molecular weight excluding hydrogens is 711 g/mol. The average molecular weight is 757 g/mol. The molecule has 1 aromatic heterocycles. The van der Waals surface area contributed by atoms with E-state index in [0.717, 1.165) is 0 Å². The lowest BCUT2D eigenvalue weighted by molar-refractivity contribution is -0.383. The van der Waals surface area contributed by atoms with Gasteiger partial charge in [-0.2, -0.15) is 0 Å². The smallest absolute Gasteiger partial charge is 0.475 e. The standard InChI is InChI=1S/C36H45N4O12P/c1-35(2,3)51-53(46,52-36(4,5)6)50-13-12-37-33(42)20-10-11-23-24(14-20)26(40(44)45)17-27-29(23)22(19-41)18-39(27)34(43)25-15-21-16-28(47-7)31(48-8)32(49-9)30(21)38-25/h10-11,14-17,22,38,41H,12-13,18-19H2,1-9H3,(H,37,42). The van der Waals surface area contributed by atoms with Gasteiger partial charge in [-0.15, -0.1) is 0 Å². The third-order valence-corrected chi connectivity index (χ3v) is 10.3. The summed E-state index contributed by atoms with van der Waals surface area (Å²) in [5.74, 6) is -0.570. The van der Waals surface area contributed by atoms with Crippen molar-refractivity contribution in [2.75, 3.05) is 52.5 Å². The zero-order chi connectivity index (χ0) is 39.0. The number of aromatic nitrogens is 1. The Hall–Kier alpha value is -4.73. The highest BCUT2D eigenvalue weighted by molar-refractivity contribution is 7.48. The predicted octanol–water partition coefficient (Wildman–Crippen LogP) is 6.48. The number of H-pyrrole nitrogens is 1. The van der Waals surface area contributed by atoms with E-state index in [1.165, 1.54) is 44.4 Å². The highest BCUT2D eigenvalue weighted by atomic mass is 31.2. The molecule has 16 nitrogen and oxygen atoms in total. The van der Waals surface area contributed by atoms with Crippen molar-refractivity contribution in [2.24, 2.45) is 0 Å². The number of hydrogen-bond donors (Lipinski definition) is 3. The van der Waals surface area contributed by atoms with Gasteiger partial charge in [0.15, 0.2) is 11.5 Å². The molecule has 0 radical (unpaired) electrons. The first-order chi connectivity index (χ1) is 24.8. The van der Waals surface area contributed by atoms with Crippen molar-refractivity contribution >= 4 is 52.7 Å². The molecule has 1 aliphatic heterocycles. The fraction of sp³-hybridized carbons (Fsp3) is 0.444. The molecule has 2 amide bonds. The first-order valence-corrected chi connectivity index (χ1v) is 18.2. The molecule has 1 unspecified atom stereocenters. The molecule has 0 aliphatic carbocycles. The Morgan fingerprint density at radius 3 is 2.21 bits per heavy atom. The van der Waals surface area contributed by atoms with E-state index in [0.29, 0.717) is 39.1 Å². The van der Waals surface area contributed by atoms with Crippen LogP contribution in [0, 0.1) is 10.1 Å². The summed E-state index contributed by atoms with van der Waals surface area (Å²) in [6.07, 6.45) is 0. The first kappa shape index (κ1) is 39.5. The van der Waals surface area contributed by atoms with Gasteiger partial charge in [0.25, 0.3) is 17.5 Å². The number of ether oxygens (including phenoxy) is 3. The third kappa shape index (κ3) is 8.26. The quantitative estimate of drug-likeness (QED) is 0.0582. The molecule has 3 aromatic carbocycles. The summed E-state index contributed by atoms with van der Waals surface area (Å²) < 4.78 is 46.5. The van der Waals surface area contributed by atoms with Crippen LogP contribution in [0.3, 0.4) is 0 Å². The SMILES string of the molecule is COc1cc2cc(C(=O)N3CC(CO)c4c3cc([N+](=O)[O-])c3cc(C(=O)NCCOP(=O)(OC(C)(C)C)OC(C)(C)C)ccc43)[nH]c2c(OC)c1OC. The number of amides is 2. The number of aromatic amines is 1. The van der Waals surface area contributed by atoms with Crippen molar-refractivity contribution < 1.29 is 52.0 Å². The zero-order valence-electron chi connectivity index (χ0n) is 31.1. The van der Waals surface area contributed by atoms with Crippen LogP contribution < -0.4 is 24.4 Å². The minimum absolute atomic E-state index is 0.0457. The second-order valence-corrected chi connectivity index (χ2v) is 15.9. The number of carbonyl (C=O) groups excluding carboxylic acids is 2. The number of nitro groups is 1. The van der Waals surface area contributed by atoms with Crippen molar-refractivity contribution in [3.05, 3.63) is 63.3 Å². The molecule has 5 rings (SSSR count). The second-order valence-electron chi connectivity index (χ2n) is 14.4. The number of methoxy groups -OCH3 is 3. The van der Waals surface area contributed by atoms with Crippen LogP contribution in [-0.4, -0.2) is 85.7 Å². The van der Waals surface area contributed by atoms with Crippen molar-refractivity contribution in [1.82, 2.24) is 10.3 Å². The Morgan fingerprint density at radius 2 is 1.64 bits per heavy atom. The van der Waals surface area contributed by atoms with Gasteiger partial charge < -0.3 is 34.5 Å². The van der Waals surface area contributed by atoms with Crippen LogP contribution in [0.4, 0.5) is 11.4 Å². The molecule has 2 heterocycles. The highest BCUT2D eigenvalue weighted by Gasteiger charge is 2.39. The number of phosphoric ester groups is 1. The average Bonchev–Trinajstić information content (AvgIpc) is 3.68. The molecule has 0 saturated carbocycles. The van der Waals surface area contributed by atoms with Crippen LogP contribution in [0.2, 0.25) is 0 Å². The van der Waals surface area contributed by atoms with E-state index < -0.39 is 41.7 Å². The molecule has 0 bridgehead atoms. The van der Waals surface area contributed by atoms with Gasteiger partial charge in [-0.1, -0.05) is 6.07 Å². The van der Waals surface area contributed by atoms with Crippen molar-refractivity contribution in [2.45, 2.75) is 58.7 Å². The lowest BCUT2D eigenvalue weighted by Crippen LogP contribution is -2.30. The Labute approximate surface area is 306 Å². The summed E-state index contributed by atoms with van der Waals surface area (Å²) in [5, 5.41) is 26.7. The number of aliphatic hydroxyl groups is 1. The number of hydrogen-bond acceptors (Lipinski definition) is 12. The fourth-order valence-corrected chi connectivity index (χ4v) is 8.08. The van der Waals surface area contributed by atoms with Gasteiger partial charge in [0.05, 0.1) is 67.3 Å². The Morgan fingerprint density at radius 1 is 0.981 bits per heavy atom. The Balaban J connectivity index is 1.43. The molecule has 0 fully saturated rings. The lowest BCUT2D eigenvalue weighted by Gasteiger charge is -2.30. The van der Waals surface area contributed by atoms with Crippen LogP contribution >= 0.6 is 7.82 Å². The molecule has 17 heteroatoms. The molecule has 1 aliphatic rings. The number of rotatable bonds is 13. The number of anilines is 1. The zero-order valence-corrected chi connectivity index (χ0v) is 32.0. The van der Waals surface area contributed by atoms with E-state index in [-0.39, 0.29) is 54.3 Å². The molecule has 0 spiro atoms. The minimum Gasteiger partial charge on any atom is -0.493 e. The Bertz CT molecular complexity index is 2100. The largest absolute Gasteiger partial charge is 0.493 e. The number of nitrogens with zero attached hydrogens (tertiary/aromatic N) is 2. The van der Waals surface area contributed by atoms with Crippen molar-refractivity contribution in [3.63, 3.8) is 0 Å². The summed E-state index contributed by atoms with van der Waals surface area (Å²) in [4.78, 5) is 43.6.